The molecule has 1 rings (SSSR count). The van der Waals surface area contributed by atoms with Crippen LogP contribution in [0.4, 0.5) is 10.5 Å². The Morgan fingerprint density at radius 1 is 1.31 bits per heavy atom. The summed E-state index contributed by atoms with van der Waals surface area (Å²) in [4.78, 5) is 11.3. The summed E-state index contributed by atoms with van der Waals surface area (Å²) in [5.41, 5.74) is 0.998. The normalized spacial score (nSPS) is 9.69. The number of rotatable bonds is 4. The molecular formula is C10H15BN2O3. The van der Waals surface area contributed by atoms with E-state index >= 15 is 0 Å². The summed E-state index contributed by atoms with van der Waals surface area (Å²) in [6, 6.07) is 6.04. The molecule has 1 aromatic carbocycles. The number of nitrogens with one attached hydrogen (secondary N) is 2. The van der Waals surface area contributed by atoms with Gasteiger partial charge in [-0.2, -0.15) is 0 Å². The molecule has 0 unspecified atom stereocenters. The summed E-state index contributed by atoms with van der Waals surface area (Å²) in [7, 11) is -1.48. The van der Waals surface area contributed by atoms with Crippen LogP contribution in [-0.2, 0) is 0 Å². The van der Waals surface area contributed by atoms with Gasteiger partial charge in [-0.1, -0.05) is 19.1 Å². The van der Waals surface area contributed by atoms with Crippen LogP contribution >= 0.6 is 0 Å². The molecule has 1 aromatic rings. The molecule has 0 aliphatic heterocycles. The van der Waals surface area contributed by atoms with Crippen LogP contribution in [0, 0.1) is 0 Å². The van der Waals surface area contributed by atoms with E-state index in [1.54, 1.807) is 24.3 Å². The maximum absolute atomic E-state index is 11.3. The van der Waals surface area contributed by atoms with Crippen LogP contribution in [-0.4, -0.2) is 29.7 Å². The third-order valence-corrected chi connectivity index (χ3v) is 2.00. The van der Waals surface area contributed by atoms with Crippen molar-refractivity contribution in [3.63, 3.8) is 0 Å². The Bertz CT molecular complexity index is 340. The standard InChI is InChI=1S/C10H15BN2O3/c1-2-7-12-10(14)13-9-5-3-8(4-6-9)11(15)16/h3-6,15-16H,2,7H2,1H3,(H2,12,13,14). The van der Waals surface area contributed by atoms with E-state index in [-0.39, 0.29) is 6.03 Å². The Balaban J connectivity index is 2.51. The van der Waals surface area contributed by atoms with Crippen molar-refractivity contribution in [2.24, 2.45) is 0 Å². The van der Waals surface area contributed by atoms with Crippen molar-refractivity contribution < 1.29 is 14.8 Å². The molecule has 0 saturated carbocycles. The van der Waals surface area contributed by atoms with Gasteiger partial charge in [-0.3, -0.25) is 0 Å². The van der Waals surface area contributed by atoms with Gasteiger partial charge in [-0.05, 0) is 24.0 Å². The number of anilines is 1. The molecule has 0 heterocycles. The summed E-state index contributed by atoms with van der Waals surface area (Å²) in [5, 5.41) is 23.0. The van der Waals surface area contributed by atoms with E-state index in [9.17, 15) is 4.79 Å². The van der Waals surface area contributed by atoms with Gasteiger partial charge in [0, 0.05) is 12.2 Å². The summed E-state index contributed by atoms with van der Waals surface area (Å²) < 4.78 is 0. The number of carbonyl (C=O) groups is 1. The molecule has 16 heavy (non-hydrogen) atoms. The molecule has 4 N–H and O–H groups in total. The molecule has 86 valence electrons. The van der Waals surface area contributed by atoms with Gasteiger partial charge >= 0.3 is 13.1 Å². The first-order chi connectivity index (χ1) is 7.63. The Hall–Kier alpha value is -1.53. The van der Waals surface area contributed by atoms with Crippen LogP contribution in [0.25, 0.3) is 0 Å². The minimum Gasteiger partial charge on any atom is -0.423 e. The number of amides is 2. The smallest absolute Gasteiger partial charge is 0.423 e. The van der Waals surface area contributed by atoms with E-state index in [1.165, 1.54) is 0 Å². The Morgan fingerprint density at radius 2 is 1.94 bits per heavy atom. The molecule has 0 bridgehead atoms. The van der Waals surface area contributed by atoms with Gasteiger partial charge < -0.3 is 20.7 Å². The molecule has 0 spiro atoms. The van der Waals surface area contributed by atoms with E-state index in [4.69, 9.17) is 10.0 Å². The Morgan fingerprint density at radius 3 is 2.44 bits per heavy atom. The zero-order chi connectivity index (χ0) is 12.0. The summed E-state index contributed by atoms with van der Waals surface area (Å²) in [6.07, 6.45) is 0.878. The van der Waals surface area contributed by atoms with Crippen LogP contribution in [0.5, 0.6) is 0 Å². The zero-order valence-corrected chi connectivity index (χ0v) is 9.10. The third-order valence-electron chi connectivity index (χ3n) is 2.00. The highest BCUT2D eigenvalue weighted by atomic mass is 16.4. The molecule has 0 aliphatic carbocycles. The maximum atomic E-state index is 11.3. The van der Waals surface area contributed by atoms with Gasteiger partial charge in [0.1, 0.15) is 0 Å². The average Bonchev–Trinajstić information content (AvgIpc) is 2.27. The number of hydrogen-bond acceptors (Lipinski definition) is 3. The first kappa shape index (κ1) is 12.5. The minimum atomic E-state index is -1.48. The average molecular weight is 222 g/mol. The monoisotopic (exact) mass is 222 g/mol. The fraction of sp³-hybridized carbons (Fsp3) is 0.300. The molecule has 0 atom stereocenters. The van der Waals surface area contributed by atoms with Crippen molar-refractivity contribution >= 4 is 24.3 Å². The Kier molecular flexibility index (Phi) is 4.82. The van der Waals surface area contributed by atoms with Gasteiger partial charge in [0.05, 0.1) is 0 Å². The number of carbonyl (C=O) groups excluding carboxylic acids is 1. The lowest BCUT2D eigenvalue weighted by atomic mass is 9.80. The van der Waals surface area contributed by atoms with E-state index in [1.807, 2.05) is 6.92 Å². The Labute approximate surface area is 94.6 Å². The lowest BCUT2D eigenvalue weighted by molar-refractivity contribution is 0.252. The van der Waals surface area contributed by atoms with Crippen LogP contribution in [0.3, 0.4) is 0 Å². The molecule has 0 aromatic heterocycles. The van der Waals surface area contributed by atoms with E-state index in [0.717, 1.165) is 6.42 Å². The maximum Gasteiger partial charge on any atom is 0.488 e. The van der Waals surface area contributed by atoms with Crippen molar-refractivity contribution in [3.05, 3.63) is 24.3 Å². The molecule has 0 aliphatic rings. The highest BCUT2D eigenvalue weighted by molar-refractivity contribution is 6.58. The van der Waals surface area contributed by atoms with Crippen molar-refractivity contribution in [2.45, 2.75) is 13.3 Å². The number of hydrogen-bond donors (Lipinski definition) is 4. The van der Waals surface area contributed by atoms with Crippen LogP contribution < -0.4 is 16.1 Å². The second kappa shape index (κ2) is 6.14. The van der Waals surface area contributed by atoms with Crippen LogP contribution in [0.1, 0.15) is 13.3 Å². The van der Waals surface area contributed by atoms with Crippen molar-refractivity contribution in [1.82, 2.24) is 5.32 Å². The second-order valence-electron chi connectivity index (χ2n) is 3.38. The third kappa shape index (κ3) is 3.92. The summed E-state index contributed by atoms with van der Waals surface area (Å²) in [6.45, 7) is 2.59. The minimum absolute atomic E-state index is 0.265. The van der Waals surface area contributed by atoms with Gasteiger partial charge in [-0.25, -0.2) is 4.79 Å². The first-order valence-electron chi connectivity index (χ1n) is 5.14. The van der Waals surface area contributed by atoms with E-state index in [0.29, 0.717) is 17.7 Å². The second-order valence-corrected chi connectivity index (χ2v) is 3.38. The quantitative estimate of drug-likeness (QED) is 0.537. The first-order valence-corrected chi connectivity index (χ1v) is 5.14. The van der Waals surface area contributed by atoms with E-state index < -0.39 is 7.12 Å². The highest BCUT2D eigenvalue weighted by Gasteiger charge is 2.10. The molecule has 0 saturated heterocycles. The van der Waals surface area contributed by atoms with Gasteiger partial charge in [0.2, 0.25) is 0 Å². The lowest BCUT2D eigenvalue weighted by Gasteiger charge is -2.07. The fourth-order valence-corrected chi connectivity index (χ4v) is 1.15. The van der Waals surface area contributed by atoms with Crippen LogP contribution in [0.15, 0.2) is 24.3 Å². The molecule has 2 amide bonds. The van der Waals surface area contributed by atoms with Gasteiger partial charge in [0.15, 0.2) is 0 Å². The molecule has 6 heteroatoms. The van der Waals surface area contributed by atoms with Crippen molar-refractivity contribution in [2.75, 3.05) is 11.9 Å². The van der Waals surface area contributed by atoms with Gasteiger partial charge in [-0.15, -0.1) is 0 Å². The molecule has 5 nitrogen and oxygen atoms in total. The summed E-state index contributed by atoms with van der Waals surface area (Å²) in [5.74, 6) is 0. The predicted molar refractivity (Wildman–Crippen MR) is 63.6 cm³/mol. The SMILES string of the molecule is CCCNC(=O)Nc1ccc(B(O)O)cc1. The van der Waals surface area contributed by atoms with Gasteiger partial charge in [0.25, 0.3) is 0 Å². The molecule has 0 fully saturated rings. The van der Waals surface area contributed by atoms with Crippen molar-refractivity contribution in [1.29, 1.82) is 0 Å². The number of benzene rings is 1. The molecular weight excluding hydrogens is 207 g/mol. The van der Waals surface area contributed by atoms with Crippen molar-refractivity contribution in [3.8, 4) is 0 Å². The largest absolute Gasteiger partial charge is 0.488 e. The summed E-state index contributed by atoms with van der Waals surface area (Å²) >= 11 is 0. The predicted octanol–water partition coefficient (Wildman–Crippen LogP) is -0.102. The molecule has 0 radical (unpaired) electrons. The highest BCUT2D eigenvalue weighted by Crippen LogP contribution is 2.03. The lowest BCUT2D eigenvalue weighted by Crippen LogP contribution is -2.31. The zero-order valence-electron chi connectivity index (χ0n) is 9.10. The number of urea groups is 1. The van der Waals surface area contributed by atoms with Crippen LogP contribution in [0.2, 0.25) is 0 Å². The van der Waals surface area contributed by atoms with E-state index in [2.05, 4.69) is 10.6 Å². The topological polar surface area (TPSA) is 81.6 Å². The fourth-order valence-electron chi connectivity index (χ4n) is 1.15.